The maximum absolute atomic E-state index is 12.9. The van der Waals surface area contributed by atoms with Gasteiger partial charge in [-0.3, -0.25) is 9.78 Å². The third-order valence-corrected chi connectivity index (χ3v) is 4.58. The number of ether oxygens (including phenoxy) is 1. The number of nitriles is 1. The molecule has 0 bridgehead atoms. The van der Waals surface area contributed by atoms with Crippen molar-refractivity contribution in [3.05, 3.63) is 89.2 Å². The van der Waals surface area contributed by atoms with Crippen molar-refractivity contribution in [1.29, 1.82) is 5.26 Å². The average molecular weight is 355 g/mol. The Morgan fingerprint density at radius 3 is 2.85 bits per heavy atom. The minimum Gasteiger partial charge on any atom is -0.456 e. The van der Waals surface area contributed by atoms with E-state index in [2.05, 4.69) is 11.1 Å². The van der Waals surface area contributed by atoms with Crippen LogP contribution in [0.15, 0.2) is 67.0 Å². The van der Waals surface area contributed by atoms with Gasteiger partial charge in [-0.25, -0.2) is 0 Å². The summed E-state index contributed by atoms with van der Waals surface area (Å²) in [5.74, 6) is 1.02. The molecule has 0 fully saturated rings. The van der Waals surface area contributed by atoms with Crippen molar-refractivity contribution in [2.24, 2.45) is 0 Å². The molecule has 5 nitrogen and oxygen atoms in total. The summed E-state index contributed by atoms with van der Waals surface area (Å²) in [5.41, 5.74) is 3.13. The summed E-state index contributed by atoms with van der Waals surface area (Å²) < 4.78 is 5.87. The minimum absolute atomic E-state index is 0.0147. The number of pyridine rings is 1. The number of hydrogen-bond acceptors (Lipinski definition) is 4. The summed E-state index contributed by atoms with van der Waals surface area (Å²) >= 11 is 0. The highest BCUT2D eigenvalue weighted by Gasteiger charge is 2.25. The van der Waals surface area contributed by atoms with E-state index in [1.807, 2.05) is 35.2 Å². The zero-order valence-electron chi connectivity index (χ0n) is 14.6. The first-order valence-corrected chi connectivity index (χ1v) is 8.72. The van der Waals surface area contributed by atoms with Gasteiger partial charge in [0.1, 0.15) is 17.6 Å². The van der Waals surface area contributed by atoms with Crippen LogP contribution in [0.1, 0.15) is 27.0 Å². The lowest BCUT2D eigenvalue weighted by atomic mass is 9.98. The third-order valence-electron chi connectivity index (χ3n) is 4.58. The fraction of sp³-hybridized carbons (Fsp3) is 0.136. The van der Waals surface area contributed by atoms with Gasteiger partial charge < -0.3 is 9.64 Å². The number of carbonyl (C=O) groups excluding carboxylic acids is 1. The topological polar surface area (TPSA) is 66.2 Å². The van der Waals surface area contributed by atoms with E-state index in [-0.39, 0.29) is 5.91 Å². The number of rotatable bonds is 4. The molecule has 1 amide bonds. The molecule has 0 N–H and O–H groups in total. The van der Waals surface area contributed by atoms with Crippen LogP contribution in [-0.4, -0.2) is 22.3 Å². The van der Waals surface area contributed by atoms with E-state index < -0.39 is 0 Å². The molecule has 1 aliphatic heterocycles. The Kier molecular flexibility index (Phi) is 4.54. The number of fused-ring (bicyclic) bond motifs is 1. The number of para-hydroxylation sites is 1. The van der Waals surface area contributed by atoms with Crippen molar-refractivity contribution in [2.75, 3.05) is 6.54 Å². The summed E-state index contributed by atoms with van der Waals surface area (Å²) in [7, 11) is 0. The van der Waals surface area contributed by atoms with Crippen molar-refractivity contribution >= 4 is 5.91 Å². The Morgan fingerprint density at radius 2 is 2.04 bits per heavy atom. The standard InChI is InChI=1S/C22H17N3O2/c23-13-18-5-1-2-6-21(18)27-19-8-7-17-9-11-25(22(26)20(17)12-19)15-16-4-3-10-24-14-16/h1-8,10,12,14H,9,11,15H2. The molecule has 0 saturated heterocycles. The van der Waals surface area contributed by atoms with Crippen molar-refractivity contribution < 1.29 is 9.53 Å². The second-order valence-corrected chi connectivity index (χ2v) is 6.37. The molecule has 1 aromatic heterocycles. The molecule has 132 valence electrons. The molecule has 0 unspecified atom stereocenters. The van der Waals surface area contributed by atoms with Gasteiger partial charge in [0.05, 0.1) is 5.56 Å². The molecule has 1 aliphatic rings. The average Bonchev–Trinajstić information content (AvgIpc) is 2.72. The van der Waals surface area contributed by atoms with E-state index in [4.69, 9.17) is 4.74 Å². The molecule has 0 saturated carbocycles. The number of carbonyl (C=O) groups is 1. The zero-order chi connectivity index (χ0) is 18.6. The highest BCUT2D eigenvalue weighted by Crippen LogP contribution is 2.29. The van der Waals surface area contributed by atoms with Crippen LogP contribution in [0.3, 0.4) is 0 Å². The van der Waals surface area contributed by atoms with Crippen molar-refractivity contribution in [3.8, 4) is 17.6 Å². The lowest BCUT2D eigenvalue weighted by Gasteiger charge is -2.29. The number of nitrogens with zero attached hydrogens (tertiary/aromatic N) is 3. The monoisotopic (exact) mass is 355 g/mol. The maximum atomic E-state index is 12.9. The minimum atomic E-state index is -0.0147. The van der Waals surface area contributed by atoms with Crippen LogP contribution < -0.4 is 4.74 Å². The van der Waals surface area contributed by atoms with Crippen LogP contribution in [0.4, 0.5) is 0 Å². The van der Waals surface area contributed by atoms with E-state index >= 15 is 0 Å². The highest BCUT2D eigenvalue weighted by atomic mass is 16.5. The molecule has 5 heteroatoms. The SMILES string of the molecule is N#Cc1ccccc1Oc1ccc2c(c1)C(=O)N(Cc1cccnc1)CC2. The Hall–Kier alpha value is -3.65. The van der Waals surface area contributed by atoms with Crippen LogP contribution in [-0.2, 0) is 13.0 Å². The van der Waals surface area contributed by atoms with Crippen molar-refractivity contribution in [3.63, 3.8) is 0 Å². The van der Waals surface area contributed by atoms with Gasteiger partial charge in [0.2, 0.25) is 0 Å². The summed E-state index contributed by atoms with van der Waals surface area (Å²) in [6, 6.07) is 18.5. The van der Waals surface area contributed by atoms with Gasteiger partial charge in [0.15, 0.2) is 0 Å². The molecule has 3 aromatic rings. The van der Waals surface area contributed by atoms with Gasteiger partial charge in [-0.2, -0.15) is 5.26 Å². The molecule has 0 radical (unpaired) electrons. The fourth-order valence-corrected chi connectivity index (χ4v) is 3.20. The quantitative estimate of drug-likeness (QED) is 0.711. The van der Waals surface area contributed by atoms with Crippen LogP contribution in [0.2, 0.25) is 0 Å². The highest BCUT2D eigenvalue weighted by molar-refractivity contribution is 5.97. The largest absolute Gasteiger partial charge is 0.456 e. The van der Waals surface area contributed by atoms with E-state index in [9.17, 15) is 10.1 Å². The molecule has 0 spiro atoms. The summed E-state index contributed by atoms with van der Waals surface area (Å²) in [6.07, 6.45) is 4.30. The molecule has 4 rings (SSSR count). The van der Waals surface area contributed by atoms with E-state index in [0.29, 0.717) is 35.7 Å². The smallest absolute Gasteiger partial charge is 0.254 e. The van der Waals surface area contributed by atoms with Gasteiger partial charge >= 0.3 is 0 Å². The first kappa shape index (κ1) is 16.8. The lowest BCUT2D eigenvalue weighted by Crippen LogP contribution is -2.37. The van der Waals surface area contributed by atoms with Gasteiger partial charge in [-0.05, 0) is 47.9 Å². The molecule has 0 aliphatic carbocycles. The van der Waals surface area contributed by atoms with Crippen LogP contribution in [0.25, 0.3) is 0 Å². The first-order chi connectivity index (χ1) is 13.2. The van der Waals surface area contributed by atoms with Crippen molar-refractivity contribution in [2.45, 2.75) is 13.0 Å². The van der Waals surface area contributed by atoms with Gasteiger partial charge in [0, 0.05) is 31.0 Å². The van der Waals surface area contributed by atoms with E-state index in [1.54, 1.807) is 36.7 Å². The lowest BCUT2D eigenvalue weighted by molar-refractivity contribution is 0.0726. The van der Waals surface area contributed by atoms with E-state index in [1.165, 1.54) is 0 Å². The van der Waals surface area contributed by atoms with Gasteiger partial charge in [0.25, 0.3) is 5.91 Å². The van der Waals surface area contributed by atoms with E-state index in [0.717, 1.165) is 17.5 Å². The molecule has 27 heavy (non-hydrogen) atoms. The van der Waals surface area contributed by atoms with Crippen LogP contribution >= 0.6 is 0 Å². The predicted octanol–water partition coefficient (Wildman–Crippen LogP) is 3.94. The molecular formula is C22H17N3O2. The number of aromatic nitrogens is 1. The molecule has 0 atom stereocenters. The summed E-state index contributed by atoms with van der Waals surface area (Å²) in [4.78, 5) is 18.9. The Bertz CT molecular complexity index is 1030. The number of hydrogen-bond donors (Lipinski definition) is 0. The third kappa shape index (κ3) is 3.51. The predicted molar refractivity (Wildman–Crippen MR) is 100 cm³/mol. The van der Waals surface area contributed by atoms with Crippen LogP contribution in [0.5, 0.6) is 11.5 Å². The van der Waals surface area contributed by atoms with Crippen molar-refractivity contribution in [1.82, 2.24) is 9.88 Å². The maximum Gasteiger partial charge on any atom is 0.254 e. The molecule has 2 aromatic carbocycles. The summed E-state index contributed by atoms with van der Waals surface area (Å²) in [5, 5.41) is 9.21. The molecule has 2 heterocycles. The second-order valence-electron chi connectivity index (χ2n) is 6.37. The summed E-state index contributed by atoms with van der Waals surface area (Å²) in [6.45, 7) is 1.21. The van der Waals surface area contributed by atoms with Gasteiger partial charge in [-0.15, -0.1) is 0 Å². The number of amides is 1. The van der Waals surface area contributed by atoms with Crippen LogP contribution in [0, 0.1) is 11.3 Å². The Morgan fingerprint density at radius 1 is 1.15 bits per heavy atom. The Balaban J connectivity index is 1.58. The first-order valence-electron chi connectivity index (χ1n) is 8.72. The second kappa shape index (κ2) is 7.30. The normalized spacial score (nSPS) is 13.0. The van der Waals surface area contributed by atoms with Gasteiger partial charge in [-0.1, -0.05) is 24.3 Å². The fourth-order valence-electron chi connectivity index (χ4n) is 3.20. The zero-order valence-corrected chi connectivity index (χ0v) is 14.6. The number of benzene rings is 2. The molecular weight excluding hydrogens is 338 g/mol. The Labute approximate surface area is 157 Å².